The standard InChI is InChI=1S/C18H19F11O/c1-4-10(2)11-6-5-7-12(8-11)13(30-3)9-14(19,20)15(21,22)16(23,24)17(25,26)18(27,28)29/h5-8,10,13H,4,9H2,1-3H3. The SMILES string of the molecule is CCC(C)c1cccc(C(CC(F)(F)C(F)(F)C(F)(F)C(F)(F)C(F)(F)F)OC)c1. The van der Waals surface area contributed by atoms with Crippen molar-refractivity contribution in [3.05, 3.63) is 35.4 Å². The van der Waals surface area contributed by atoms with E-state index in [1.807, 2.05) is 0 Å². The van der Waals surface area contributed by atoms with Crippen molar-refractivity contribution in [2.24, 2.45) is 0 Å². The molecule has 0 bridgehead atoms. The number of hydrogen-bond acceptors (Lipinski definition) is 1. The van der Waals surface area contributed by atoms with Crippen LogP contribution in [0.2, 0.25) is 0 Å². The van der Waals surface area contributed by atoms with Crippen LogP contribution in [0.15, 0.2) is 24.3 Å². The maximum absolute atomic E-state index is 14.1. The summed E-state index contributed by atoms with van der Waals surface area (Å²) in [6.45, 7) is 3.55. The van der Waals surface area contributed by atoms with Gasteiger partial charge in [0, 0.05) is 13.5 Å². The van der Waals surface area contributed by atoms with Crippen LogP contribution in [0.25, 0.3) is 0 Å². The molecule has 2 unspecified atom stereocenters. The summed E-state index contributed by atoms with van der Waals surface area (Å²) >= 11 is 0. The van der Waals surface area contributed by atoms with Gasteiger partial charge in [-0.1, -0.05) is 38.1 Å². The van der Waals surface area contributed by atoms with Gasteiger partial charge in [-0.3, -0.25) is 0 Å². The Morgan fingerprint density at radius 3 is 1.73 bits per heavy atom. The zero-order chi connectivity index (χ0) is 23.8. The highest BCUT2D eigenvalue weighted by Gasteiger charge is 2.87. The summed E-state index contributed by atoms with van der Waals surface area (Å²) in [7, 11) is 0.775. The van der Waals surface area contributed by atoms with Gasteiger partial charge in [-0.05, 0) is 23.5 Å². The topological polar surface area (TPSA) is 9.23 Å². The van der Waals surface area contributed by atoms with E-state index in [2.05, 4.69) is 4.74 Å². The van der Waals surface area contributed by atoms with E-state index in [-0.39, 0.29) is 11.5 Å². The Morgan fingerprint density at radius 2 is 1.30 bits per heavy atom. The molecule has 1 aromatic rings. The first-order valence-corrected chi connectivity index (χ1v) is 8.58. The van der Waals surface area contributed by atoms with Crippen LogP contribution in [0.4, 0.5) is 48.3 Å². The average molecular weight is 460 g/mol. The molecule has 0 radical (unpaired) electrons. The maximum Gasteiger partial charge on any atom is 0.460 e. The minimum Gasteiger partial charge on any atom is -0.377 e. The Bertz CT molecular complexity index is 712. The highest BCUT2D eigenvalue weighted by atomic mass is 19.4. The number of hydrogen-bond donors (Lipinski definition) is 0. The molecule has 0 amide bonds. The lowest BCUT2D eigenvalue weighted by Gasteiger charge is -2.38. The van der Waals surface area contributed by atoms with Gasteiger partial charge in [0.25, 0.3) is 0 Å². The van der Waals surface area contributed by atoms with Crippen LogP contribution >= 0.6 is 0 Å². The predicted octanol–water partition coefficient (Wildman–Crippen LogP) is 7.38. The van der Waals surface area contributed by atoms with Gasteiger partial charge in [0.1, 0.15) is 0 Å². The van der Waals surface area contributed by atoms with Crippen molar-refractivity contribution in [3.8, 4) is 0 Å². The van der Waals surface area contributed by atoms with Gasteiger partial charge in [-0.25, -0.2) is 0 Å². The van der Waals surface area contributed by atoms with Crippen LogP contribution in [0.1, 0.15) is 49.8 Å². The van der Waals surface area contributed by atoms with Gasteiger partial charge >= 0.3 is 29.9 Å². The number of rotatable bonds is 9. The summed E-state index contributed by atoms with van der Waals surface area (Å²) in [5.41, 5.74) is 0.415. The lowest BCUT2D eigenvalue weighted by atomic mass is 9.90. The summed E-state index contributed by atoms with van der Waals surface area (Å²) in [6.07, 6.45) is -10.8. The van der Waals surface area contributed by atoms with E-state index in [0.717, 1.165) is 13.2 Å². The fourth-order valence-electron chi connectivity index (χ4n) is 2.60. The molecule has 0 aliphatic carbocycles. The highest BCUT2D eigenvalue weighted by Crippen LogP contribution is 2.58. The molecule has 0 aliphatic heterocycles. The smallest absolute Gasteiger partial charge is 0.377 e. The molecule has 0 fully saturated rings. The number of benzene rings is 1. The molecule has 0 aromatic heterocycles. The number of halogens is 11. The van der Waals surface area contributed by atoms with Crippen molar-refractivity contribution in [3.63, 3.8) is 0 Å². The molecule has 0 spiro atoms. The van der Waals surface area contributed by atoms with Crippen LogP contribution in [-0.2, 0) is 4.74 Å². The highest BCUT2D eigenvalue weighted by molar-refractivity contribution is 5.28. The Kier molecular flexibility index (Phi) is 7.50. The summed E-state index contributed by atoms with van der Waals surface area (Å²) in [5, 5.41) is 0. The Morgan fingerprint density at radius 1 is 0.800 bits per heavy atom. The van der Waals surface area contributed by atoms with Crippen LogP contribution in [0.5, 0.6) is 0 Å². The quantitative estimate of drug-likeness (QED) is 0.350. The van der Waals surface area contributed by atoms with Crippen molar-refractivity contribution < 1.29 is 53.0 Å². The van der Waals surface area contributed by atoms with E-state index >= 15 is 0 Å². The average Bonchev–Trinajstić information content (AvgIpc) is 2.64. The van der Waals surface area contributed by atoms with Gasteiger partial charge in [-0.15, -0.1) is 0 Å². The van der Waals surface area contributed by atoms with E-state index < -0.39 is 42.4 Å². The summed E-state index contributed by atoms with van der Waals surface area (Å²) in [5.74, 6) is -27.9. The minimum absolute atomic E-state index is 0.0979. The molecule has 1 rings (SSSR count). The second kappa shape index (κ2) is 8.51. The van der Waals surface area contributed by atoms with Crippen molar-refractivity contribution >= 4 is 0 Å². The van der Waals surface area contributed by atoms with E-state index in [9.17, 15) is 48.3 Å². The van der Waals surface area contributed by atoms with Gasteiger partial charge in [-0.2, -0.15) is 48.3 Å². The first kappa shape index (κ1) is 26.4. The van der Waals surface area contributed by atoms with E-state index in [1.165, 1.54) is 12.1 Å². The summed E-state index contributed by atoms with van der Waals surface area (Å²) in [6, 6.07) is 5.36. The Balaban J connectivity index is 3.32. The molecule has 30 heavy (non-hydrogen) atoms. The van der Waals surface area contributed by atoms with Crippen molar-refractivity contribution in [2.75, 3.05) is 7.11 Å². The van der Waals surface area contributed by atoms with Crippen molar-refractivity contribution in [1.82, 2.24) is 0 Å². The number of methoxy groups -OCH3 is 1. The molecule has 12 heteroatoms. The molecule has 1 nitrogen and oxygen atoms in total. The molecule has 174 valence electrons. The second-order valence-corrected chi connectivity index (χ2v) is 6.83. The molecule has 0 saturated heterocycles. The third-order valence-electron chi connectivity index (χ3n) is 4.79. The molecule has 0 saturated carbocycles. The molecular formula is C18H19F11O. The van der Waals surface area contributed by atoms with Gasteiger partial charge in [0.2, 0.25) is 0 Å². The number of alkyl halides is 11. The van der Waals surface area contributed by atoms with Gasteiger partial charge in [0.15, 0.2) is 0 Å². The fraction of sp³-hybridized carbons (Fsp3) is 0.667. The summed E-state index contributed by atoms with van der Waals surface area (Å²) in [4.78, 5) is 0. The minimum atomic E-state index is -7.42. The third-order valence-corrected chi connectivity index (χ3v) is 4.79. The molecule has 2 atom stereocenters. The van der Waals surface area contributed by atoms with Crippen LogP contribution in [0, 0.1) is 0 Å². The van der Waals surface area contributed by atoms with E-state index in [4.69, 9.17) is 0 Å². The molecule has 0 aliphatic rings. The molecule has 0 N–H and O–H groups in total. The zero-order valence-corrected chi connectivity index (χ0v) is 15.9. The van der Waals surface area contributed by atoms with Gasteiger partial charge in [0.05, 0.1) is 6.10 Å². The largest absolute Gasteiger partial charge is 0.460 e. The van der Waals surface area contributed by atoms with Crippen molar-refractivity contribution in [1.29, 1.82) is 0 Å². The zero-order valence-electron chi connectivity index (χ0n) is 15.9. The third kappa shape index (κ3) is 4.52. The van der Waals surface area contributed by atoms with E-state index in [0.29, 0.717) is 12.0 Å². The normalized spacial score (nSPS) is 16.5. The van der Waals surface area contributed by atoms with Gasteiger partial charge < -0.3 is 4.74 Å². The monoisotopic (exact) mass is 460 g/mol. The molecular weight excluding hydrogens is 441 g/mol. The summed E-state index contributed by atoms with van der Waals surface area (Å²) < 4.78 is 149. The van der Waals surface area contributed by atoms with Crippen LogP contribution in [-0.4, -0.2) is 37.0 Å². The Hall–Kier alpha value is -1.59. The first-order chi connectivity index (χ1) is 13.4. The predicted molar refractivity (Wildman–Crippen MR) is 85.4 cm³/mol. The lowest BCUT2D eigenvalue weighted by molar-refractivity contribution is -0.423. The van der Waals surface area contributed by atoms with Crippen LogP contribution in [0.3, 0.4) is 0 Å². The second-order valence-electron chi connectivity index (χ2n) is 6.83. The first-order valence-electron chi connectivity index (χ1n) is 8.58. The number of ether oxygens (including phenoxy) is 1. The fourth-order valence-corrected chi connectivity index (χ4v) is 2.60. The Labute approximate surface area is 165 Å². The molecule has 1 aromatic carbocycles. The molecule has 0 heterocycles. The van der Waals surface area contributed by atoms with Crippen molar-refractivity contribution in [2.45, 2.75) is 68.6 Å². The van der Waals surface area contributed by atoms with Crippen LogP contribution < -0.4 is 0 Å². The maximum atomic E-state index is 14.1. The van der Waals surface area contributed by atoms with E-state index in [1.54, 1.807) is 19.9 Å². The lowest BCUT2D eigenvalue weighted by Crippen LogP contribution is -2.66.